The van der Waals surface area contributed by atoms with Gasteiger partial charge in [0.2, 0.25) is 0 Å². The molecule has 7 rings (SSSR count). The number of carboxylic acid groups (broad SMARTS) is 1. The summed E-state index contributed by atoms with van der Waals surface area (Å²) in [6.07, 6.45) is 0.456. The minimum Gasteiger partial charge on any atom is -0.478 e. The number of hydrogen-bond donors (Lipinski definition) is 3. The number of amides is 1. The summed E-state index contributed by atoms with van der Waals surface area (Å²) < 4.78 is 13.3. The van der Waals surface area contributed by atoms with Gasteiger partial charge in [-0.25, -0.2) is 9.78 Å². The van der Waals surface area contributed by atoms with Gasteiger partial charge in [0.1, 0.15) is 5.69 Å². The Morgan fingerprint density at radius 2 is 1.52 bits per heavy atom. The van der Waals surface area contributed by atoms with Crippen LogP contribution in [0.4, 0.5) is 0 Å². The van der Waals surface area contributed by atoms with Crippen molar-refractivity contribution in [3.63, 3.8) is 0 Å². The maximum atomic E-state index is 12.9. The highest BCUT2D eigenvalue weighted by atomic mass is 32.2. The van der Waals surface area contributed by atoms with Gasteiger partial charge in [-0.15, -0.1) is 11.8 Å². The quantitative estimate of drug-likeness (QED) is 0.114. The van der Waals surface area contributed by atoms with E-state index in [0.29, 0.717) is 17.8 Å². The second kappa shape index (κ2) is 15.9. The zero-order chi connectivity index (χ0) is 36.0. The van der Waals surface area contributed by atoms with Crippen LogP contribution in [0.5, 0.6) is 0 Å². The Labute approximate surface area is 305 Å². The first kappa shape index (κ1) is 35.0. The molecule has 4 unspecified atom stereocenters. The van der Waals surface area contributed by atoms with Crippen LogP contribution >= 0.6 is 11.8 Å². The van der Waals surface area contributed by atoms with Gasteiger partial charge in [0.05, 0.1) is 41.6 Å². The van der Waals surface area contributed by atoms with Gasteiger partial charge in [0.15, 0.2) is 6.29 Å². The number of aliphatic hydroxyl groups excluding tert-OH is 1. The van der Waals surface area contributed by atoms with E-state index >= 15 is 0 Å². The Kier molecular flexibility index (Phi) is 10.7. The molecule has 0 aliphatic carbocycles. The predicted molar refractivity (Wildman–Crippen MR) is 200 cm³/mol. The van der Waals surface area contributed by atoms with Gasteiger partial charge >= 0.3 is 5.97 Å². The maximum Gasteiger partial charge on any atom is 0.335 e. The van der Waals surface area contributed by atoms with Crippen molar-refractivity contribution in [3.8, 4) is 11.1 Å². The molecule has 1 aliphatic rings. The number of carbonyl (C=O) groups is 2. The molecule has 52 heavy (non-hydrogen) atoms. The topological polar surface area (TPSA) is 131 Å². The zero-order valence-electron chi connectivity index (χ0n) is 28.4. The minimum atomic E-state index is -0.952. The average Bonchev–Trinajstić information content (AvgIpc) is 3.19. The van der Waals surface area contributed by atoms with E-state index in [1.54, 1.807) is 23.9 Å². The molecule has 6 aromatic rings. The molecular weight excluding hydrogens is 675 g/mol. The Bertz CT molecular complexity index is 2180. The normalized spacial score (nSPS) is 18.6. The van der Waals surface area contributed by atoms with Gasteiger partial charge in [0.25, 0.3) is 5.91 Å². The molecule has 0 radical (unpaired) electrons. The summed E-state index contributed by atoms with van der Waals surface area (Å²) in [6, 6.07) is 38.3. The third-order valence-electron chi connectivity index (χ3n) is 9.22. The Hall–Kier alpha value is -5.39. The molecule has 1 aromatic heterocycles. The molecule has 1 saturated heterocycles. The fourth-order valence-corrected chi connectivity index (χ4v) is 7.28. The van der Waals surface area contributed by atoms with Crippen LogP contribution in [0.2, 0.25) is 0 Å². The standard InChI is InChI=1S/C42H37N3O6S/c1-26-38(25-52-34-19-17-31(18-20-34)41(48)49)50-42(51-39(26)30-11-9-27(24-46)10-12-30)32-15-13-29(14-16-32)33-6-4-5-28(21-33)22-44-40(47)37-23-43-35-7-2-3-8-36(35)45-37/h2-21,23,26,38-39,42,46H,22,24-25H2,1H3,(H,44,47)(H,48,49). The highest BCUT2D eigenvalue weighted by Gasteiger charge is 2.38. The van der Waals surface area contributed by atoms with Crippen LogP contribution in [0.15, 0.2) is 132 Å². The number of thioether (sulfide) groups is 1. The van der Waals surface area contributed by atoms with Crippen molar-refractivity contribution in [1.29, 1.82) is 0 Å². The van der Waals surface area contributed by atoms with E-state index in [1.807, 2.05) is 103 Å². The second-order valence-corrected chi connectivity index (χ2v) is 13.8. The molecule has 0 spiro atoms. The molecule has 1 fully saturated rings. The molecule has 3 N–H and O–H groups in total. The predicted octanol–water partition coefficient (Wildman–Crippen LogP) is 8.00. The molecule has 5 aromatic carbocycles. The smallest absolute Gasteiger partial charge is 0.335 e. The van der Waals surface area contributed by atoms with Crippen molar-refractivity contribution in [3.05, 3.63) is 161 Å². The number of hydrogen-bond acceptors (Lipinski definition) is 8. The lowest BCUT2D eigenvalue weighted by atomic mass is 9.91. The van der Waals surface area contributed by atoms with Crippen molar-refractivity contribution in [2.75, 3.05) is 5.75 Å². The summed E-state index contributed by atoms with van der Waals surface area (Å²) in [5.74, 6) is -0.581. The number of para-hydroxylation sites is 2. The Morgan fingerprint density at radius 1 is 0.788 bits per heavy atom. The fourth-order valence-electron chi connectivity index (χ4n) is 6.22. The van der Waals surface area contributed by atoms with Crippen LogP contribution in [0.1, 0.15) is 62.4 Å². The highest BCUT2D eigenvalue weighted by Crippen LogP contribution is 2.43. The molecule has 10 heteroatoms. The van der Waals surface area contributed by atoms with Crippen LogP contribution in [-0.2, 0) is 22.6 Å². The summed E-state index contributed by atoms with van der Waals surface area (Å²) in [4.78, 5) is 33.9. The third-order valence-corrected chi connectivity index (χ3v) is 10.3. The molecule has 262 valence electrons. The third kappa shape index (κ3) is 8.06. The molecule has 0 bridgehead atoms. The molecule has 0 saturated carbocycles. The lowest BCUT2D eigenvalue weighted by Gasteiger charge is -2.41. The lowest BCUT2D eigenvalue weighted by Crippen LogP contribution is -2.38. The van der Waals surface area contributed by atoms with Crippen molar-refractivity contribution < 1.29 is 29.3 Å². The fraction of sp³-hybridized carbons (Fsp3) is 0.190. The summed E-state index contributed by atoms with van der Waals surface area (Å²) >= 11 is 1.62. The van der Waals surface area contributed by atoms with Crippen LogP contribution in [-0.4, -0.2) is 43.9 Å². The number of nitrogens with one attached hydrogen (secondary N) is 1. The number of fused-ring (bicyclic) bond motifs is 1. The van der Waals surface area contributed by atoms with Crippen molar-refractivity contribution in [2.45, 2.75) is 43.5 Å². The van der Waals surface area contributed by atoms with E-state index in [4.69, 9.17) is 9.47 Å². The Morgan fingerprint density at radius 3 is 2.25 bits per heavy atom. The number of ether oxygens (including phenoxy) is 2. The van der Waals surface area contributed by atoms with Crippen LogP contribution in [0, 0.1) is 5.92 Å². The van der Waals surface area contributed by atoms with E-state index in [-0.39, 0.29) is 41.9 Å². The van der Waals surface area contributed by atoms with Gasteiger partial charge < -0.3 is 25.0 Å². The molecule has 9 nitrogen and oxygen atoms in total. The second-order valence-electron chi connectivity index (χ2n) is 12.7. The number of carboxylic acids is 1. The largest absolute Gasteiger partial charge is 0.478 e. The molecule has 2 heterocycles. The monoisotopic (exact) mass is 711 g/mol. The van der Waals surface area contributed by atoms with Gasteiger partial charge in [0, 0.05) is 28.7 Å². The zero-order valence-corrected chi connectivity index (χ0v) is 29.2. The molecule has 1 aliphatic heterocycles. The van der Waals surface area contributed by atoms with Gasteiger partial charge in [-0.05, 0) is 70.3 Å². The van der Waals surface area contributed by atoms with Crippen LogP contribution in [0.3, 0.4) is 0 Å². The summed E-state index contributed by atoms with van der Waals surface area (Å²) in [6.45, 7) is 2.43. The van der Waals surface area contributed by atoms with Gasteiger partial charge in [-0.3, -0.25) is 9.78 Å². The number of aromatic nitrogens is 2. The van der Waals surface area contributed by atoms with Crippen molar-refractivity contribution >= 4 is 34.7 Å². The summed E-state index contributed by atoms with van der Waals surface area (Å²) in [5.41, 5.74) is 7.62. The van der Waals surface area contributed by atoms with Crippen LogP contribution in [0.25, 0.3) is 22.2 Å². The highest BCUT2D eigenvalue weighted by molar-refractivity contribution is 7.99. The number of aliphatic hydroxyl groups is 1. The van der Waals surface area contributed by atoms with E-state index in [0.717, 1.165) is 43.8 Å². The first-order valence-electron chi connectivity index (χ1n) is 17.0. The average molecular weight is 712 g/mol. The van der Waals surface area contributed by atoms with E-state index in [1.165, 1.54) is 6.20 Å². The number of benzene rings is 5. The number of rotatable bonds is 11. The molecule has 1 amide bonds. The SMILES string of the molecule is CC1C(CSc2ccc(C(=O)O)cc2)OC(c2ccc(-c3cccc(CNC(=O)c4cnc5ccccc5n4)c3)cc2)OC1c1ccc(CO)cc1. The number of nitrogens with zero attached hydrogens (tertiary/aromatic N) is 2. The van der Waals surface area contributed by atoms with E-state index in [9.17, 15) is 19.8 Å². The van der Waals surface area contributed by atoms with Crippen molar-refractivity contribution in [2.24, 2.45) is 5.92 Å². The molecular formula is C42H37N3O6S. The maximum absolute atomic E-state index is 12.9. The summed E-state index contributed by atoms with van der Waals surface area (Å²) in [7, 11) is 0. The summed E-state index contributed by atoms with van der Waals surface area (Å²) in [5, 5.41) is 21.8. The first-order chi connectivity index (χ1) is 25.3. The van der Waals surface area contributed by atoms with Gasteiger partial charge in [-0.1, -0.05) is 85.8 Å². The number of carbonyl (C=O) groups excluding carboxylic acids is 1. The van der Waals surface area contributed by atoms with E-state index in [2.05, 4.69) is 28.3 Å². The van der Waals surface area contributed by atoms with Crippen molar-refractivity contribution in [1.82, 2.24) is 15.3 Å². The van der Waals surface area contributed by atoms with Gasteiger partial charge in [-0.2, -0.15) is 0 Å². The van der Waals surface area contributed by atoms with Crippen LogP contribution < -0.4 is 5.32 Å². The minimum absolute atomic E-state index is 0.0119. The first-order valence-corrected chi connectivity index (χ1v) is 18.0. The molecule has 4 atom stereocenters. The van der Waals surface area contributed by atoms with E-state index < -0.39 is 12.3 Å². The lowest BCUT2D eigenvalue weighted by molar-refractivity contribution is -0.268. The number of aromatic carboxylic acids is 1. The Balaban J connectivity index is 1.05.